The number of rotatable bonds is 11. The van der Waals surface area contributed by atoms with Gasteiger partial charge in [0, 0.05) is 0 Å². The number of carbonyl (C=O) groups excluding carboxylic acids is 2. The van der Waals surface area contributed by atoms with Crippen molar-refractivity contribution in [2.45, 2.75) is 75.7 Å². The maximum Gasteiger partial charge on any atom is 0.490 e. The molecule has 0 spiro atoms. The molecule has 2 aromatic rings. The van der Waals surface area contributed by atoms with E-state index in [0.717, 1.165) is 30.4 Å². The van der Waals surface area contributed by atoms with Gasteiger partial charge < -0.3 is 26.0 Å². The third-order valence-electron chi connectivity index (χ3n) is 6.60. The third kappa shape index (κ3) is 12.0. The number of nitrogens with one attached hydrogen (secondary N) is 1. The molecule has 0 heterocycles. The van der Waals surface area contributed by atoms with Gasteiger partial charge in [-0.2, -0.15) is 13.2 Å². The Balaban J connectivity index is 0.000000745. The van der Waals surface area contributed by atoms with Crippen molar-refractivity contribution in [3.8, 4) is 0 Å². The summed E-state index contributed by atoms with van der Waals surface area (Å²) in [6.07, 6.45) is 0.818. The molecule has 2 aromatic carbocycles. The Morgan fingerprint density at radius 3 is 1.83 bits per heavy atom. The van der Waals surface area contributed by atoms with Crippen molar-refractivity contribution in [2.24, 2.45) is 11.7 Å². The van der Waals surface area contributed by atoms with Crippen LogP contribution in [0.2, 0.25) is 0 Å². The molecule has 224 valence electrons. The van der Waals surface area contributed by atoms with Crippen molar-refractivity contribution in [1.82, 2.24) is 5.32 Å². The molecule has 1 aliphatic carbocycles. The van der Waals surface area contributed by atoms with Crippen molar-refractivity contribution in [3.63, 3.8) is 0 Å². The summed E-state index contributed by atoms with van der Waals surface area (Å²) < 4.78 is 37.7. The predicted octanol–water partition coefficient (Wildman–Crippen LogP) is 4.60. The lowest BCUT2D eigenvalue weighted by Gasteiger charge is -2.26. The fourth-order valence-electron chi connectivity index (χ4n) is 4.47. The highest BCUT2D eigenvalue weighted by atomic mass is 19.4. The molecule has 0 bridgehead atoms. The summed E-state index contributed by atoms with van der Waals surface area (Å²) in [6.45, 7) is 0. The fourth-order valence-corrected chi connectivity index (χ4v) is 4.47. The summed E-state index contributed by atoms with van der Waals surface area (Å²) in [7, 11) is 0. The number of ether oxygens (including phenoxy) is 1. The van der Waals surface area contributed by atoms with Crippen LogP contribution in [0.25, 0.3) is 0 Å². The number of carbonyl (C=O) groups is 4. The number of hydrogen-bond donors (Lipinski definition) is 4. The summed E-state index contributed by atoms with van der Waals surface area (Å²) in [6, 6.07) is 16.7. The van der Waals surface area contributed by atoms with E-state index in [4.69, 9.17) is 25.5 Å². The summed E-state index contributed by atoms with van der Waals surface area (Å²) >= 11 is 0. The molecule has 41 heavy (non-hydrogen) atoms. The van der Waals surface area contributed by atoms with E-state index in [1.54, 1.807) is 0 Å². The van der Waals surface area contributed by atoms with Crippen LogP contribution in [0.4, 0.5) is 13.2 Å². The van der Waals surface area contributed by atoms with Crippen LogP contribution in [0.15, 0.2) is 60.7 Å². The minimum Gasteiger partial charge on any atom is -0.481 e. The third-order valence-corrected chi connectivity index (χ3v) is 6.60. The Morgan fingerprint density at radius 2 is 1.39 bits per heavy atom. The Kier molecular flexibility index (Phi) is 13.3. The summed E-state index contributed by atoms with van der Waals surface area (Å²) in [4.78, 5) is 45.8. The van der Waals surface area contributed by atoms with Gasteiger partial charge in [-0.15, -0.1) is 0 Å². The van der Waals surface area contributed by atoms with Crippen LogP contribution in [0.1, 0.15) is 68.6 Å². The second-order valence-corrected chi connectivity index (χ2v) is 9.79. The summed E-state index contributed by atoms with van der Waals surface area (Å²) in [5.74, 6) is -4.63. The first-order chi connectivity index (χ1) is 19.4. The Bertz CT molecular complexity index is 1080. The van der Waals surface area contributed by atoms with E-state index in [0.29, 0.717) is 12.3 Å². The van der Waals surface area contributed by atoms with Crippen molar-refractivity contribution in [2.75, 3.05) is 0 Å². The van der Waals surface area contributed by atoms with E-state index in [2.05, 4.69) is 5.32 Å². The average Bonchev–Trinajstić information content (AvgIpc) is 2.94. The lowest BCUT2D eigenvalue weighted by Crippen LogP contribution is -2.49. The number of benzene rings is 2. The monoisotopic (exact) mass is 580 g/mol. The molecule has 2 atom stereocenters. The van der Waals surface area contributed by atoms with Gasteiger partial charge in [0.2, 0.25) is 5.91 Å². The van der Waals surface area contributed by atoms with Crippen LogP contribution >= 0.6 is 0 Å². The highest BCUT2D eigenvalue weighted by Crippen LogP contribution is 2.30. The van der Waals surface area contributed by atoms with Crippen molar-refractivity contribution in [3.05, 3.63) is 71.8 Å². The number of hydrogen-bond acceptors (Lipinski definition) is 6. The van der Waals surface area contributed by atoms with Gasteiger partial charge in [0.05, 0.1) is 12.5 Å². The number of halogens is 3. The summed E-state index contributed by atoms with van der Waals surface area (Å²) in [5.41, 5.74) is 7.39. The molecule has 3 rings (SSSR count). The molecule has 0 radical (unpaired) electrons. The van der Waals surface area contributed by atoms with Crippen LogP contribution in [-0.4, -0.2) is 52.3 Å². The molecule has 1 saturated carbocycles. The summed E-state index contributed by atoms with van der Waals surface area (Å²) in [5, 5.41) is 18.8. The number of carboxylic acid groups (broad SMARTS) is 2. The lowest BCUT2D eigenvalue weighted by atomic mass is 9.85. The number of amides is 1. The van der Waals surface area contributed by atoms with Gasteiger partial charge in [-0.25, -0.2) is 9.59 Å². The van der Waals surface area contributed by atoms with Gasteiger partial charge in [0.15, 0.2) is 6.10 Å². The van der Waals surface area contributed by atoms with Crippen molar-refractivity contribution in [1.29, 1.82) is 0 Å². The zero-order valence-corrected chi connectivity index (χ0v) is 22.4. The van der Waals surface area contributed by atoms with E-state index < -0.39 is 54.6 Å². The predicted molar refractivity (Wildman–Crippen MR) is 142 cm³/mol. The maximum atomic E-state index is 13.4. The van der Waals surface area contributed by atoms with E-state index in [-0.39, 0.29) is 0 Å². The maximum absolute atomic E-state index is 13.4. The molecule has 5 N–H and O–H groups in total. The van der Waals surface area contributed by atoms with Gasteiger partial charge in [0.1, 0.15) is 6.04 Å². The Hall–Kier alpha value is -3.93. The standard InChI is InChI=1S/C27H34N2O5.C2HF3O2/c28-22(18-24(30)31)26(32)29-23(17-16-19-10-4-1-5-11-19)27(33)34-25(20-12-6-2-7-13-20)21-14-8-3-9-15-21;3-2(4,5)1(6)7/h2-3,6-9,12-15,19,22-23,25H,1,4-5,10-11,16-18,28H2,(H,29,32)(H,30,31);(H,6,7)/t22-,23?;/m0./s1. The lowest BCUT2D eigenvalue weighted by molar-refractivity contribution is -0.192. The Morgan fingerprint density at radius 1 is 0.902 bits per heavy atom. The second-order valence-electron chi connectivity index (χ2n) is 9.79. The highest BCUT2D eigenvalue weighted by molar-refractivity contribution is 5.89. The molecule has 1 fully saturated rings. The molecule has 9 nitrogen and oxygen atoms in total. The number of esters is 1. The first kappa shape index (κ1) is 33.3. The van der Waals surface area contributed by atoms with Gasteiger partial charge in [-0.1, -0.05) is 92.8 Å². The molecular formula is C29H35F3N2O7. The van der Waals surface area contributed by atoms with Gasteiger partial charge >= 0.3 is 24.1 Å². The Labute approximate surface area is 235 Å². The fraction of sp³-hybridized carbons (Fsp3) is 0.448. The van der Waals surface area contributed by atoms with E-state index in [1.807, 2.05) is 60.7 Å². The highest BCUT2D eigenvalue weighted by Gasteiger charge is 2.38. The molecule has 12 heteroatoms. The molecule has 0 saturated heterocycles. The normalized spacial score (nSPS) is 15.1. The minimum atomic E-state index is -5.08. The molecule has 0 aromatic heterocycles. The molecule has 1 unspecified atom stereocenters. The molecular weight excluding hydrogens is 545 g/mol. The first-order valence-corrected chi connectivity index (χ1v) is 13.3. The topological polar surface area (TPSA) is 156 Å². The number of nitrogens with two attached hydrogens (primary N) is 1. The van der Waals surface area contributed by atoms with Gasteiger partial charge in [-0.05, 0) is 29.9 Å². The van der Waals surface area contributed by atoms with Crippen LogP contribution in [0.5, 0.6) is 0 Å². The SMILES string of the molecule is N[C@@H](CC(=O)O)C(=O)NC(CCC1CCCCC1)C(=O)OC(c1ccccc1)c1ccccc1.O=C(O)C(F)(F)F. The molecule has 1 aliphatic rings. The number of carboxylic acids is 2. The van der Waals surface area contributed by atoms with Crippen LogP contribution in [0.3, 0.4) is 0 Å². The second kappa shape index (κ2) is 16.4. The van der Waals surface area contributed by atoms with E-state index >= 15 is 0 Å². The average molecular weight is 581 g/mol. The van der Waals surface area contributed by atoms with Gasteiger partial charge in [0.25, 0.3) is 0 Å². The van der Waals surface area contributed by atoms with Crippen LogP contribution < -0.4 is 11.1 Å². The quantitative estimate of drug-likeness (QED) is 0.281. The van der Waals surface area contributed by atoms with Gasteiger partial charge in [-0.3, -0.25) is 9.59 Å². The zero-order chi connectivity index (χ0) is 30.4. The largest absolute Gasteiger partial charge is 0.490 e. The van der Waals surface area contributed by atoms with Crippen LogP contribution in [0, 0.1) is 5.92 Å². The number of aliphatic carboxylic acids is 2. The minimum absolute atomic E-state index is 0.422. The van der Waals surface area contributed by atoms with Crippen molar-refractivity contribution >= 4 is 23.8 Å². The van der Waals surface area contributed by atoms with Crippen molar-refractivity contribution < 1.29 is 47.3 Å². The van der Waals surface area contributed by atoms with E-state index in [1.165, 1.54) is 19.3 Å². The number of alkyl halides is 3. The first-order valence-electron chi connectivity index (χ1n) is 13.3. The zero-order valence-electron chi connectivity index (χ0n) is 22.4. The van der Waals surface area contributed by atoms with Crippen LogP contribution in [-0.2, 0) is 23.9 Å². The smallest absolute Gasteiger partial charge is 0.481 e. The molecule has 0 aliphatic heterocycles. The van der Waals surface area contributed by atoms with E-state index in [9.17, 15) is 27.6 Å². The molecule has 1 amide bonds.